The molecule has 0 saturated carbocycles. The number of fused-ring (bicyclic) bond motifs is 2. The van der Waals surface area contributed by atoms with Crippen LogP contribution in [-0.4, -0.2) is 17.9 Å². The molecule has 2 aliphatic rings. The van der Waals surface area contributed by atoms with E-state index in [1.165, 1.54) is 52.2 Å². The molecule has 2 atom stereocenters. The summed E-state index contributed by atoms with van der Waals surface area (Å²) in [6.07, 6.45) is 7.71. The third kappa shape index (κ3) is 4.09. The number of primary amides is 1. The standard InChI is InChI=1S/C23H29N3O2S/c1-13(16-11-10-15-6-3-4-7-17(15)12-16)25-14(2)22(28)26-23-20(21(24)27)18-8-5-9-19(18)29-23/h10-14,25H,3-9H2,1-2H3,(H2,24,27)(H,26,28). The number of carbonyl (C=O) groups is 2. The van der Waals surface area contributed by atoms with E-state index in [4.69, 9.17) is 5.73 Å². The largest absolute Gasteiger partial charge is 0.365 e. The van der Waals surface area contributed by atoms with Crippen LogP contribution in [0.5, 0.6) is 0 Å². The molecule has 2 aliphatic carbocycles. The lowest BCUT2D eigenvalue weighted by Crippen LogP contribution is -2.39. The molecule has 0 spiro atoms. The summed E-state index contributed by atoms with van der Waals surface area (Å²) in [6.45, 7) is 3.94. The van der Waals surface area contributed by atoms with Crippen LogP contribution in [0.4, 0.5) is 5.00 Å². The molecule has 2 amide bonds. The maximum atomic E-state index is 12.8. The number of thiophene rings is 1. The minimum absolute atomic E-state index is 0.0620. The lowest BCUT2D eigenvalue weighted by Gasteiger charge is -2.22. The van der Waals surface area contributed by atoms with Gasteiger partial charge in [-0.15, -0.1) is 11.3 Å². The van der Waals surface area contributed by atoms with E-state index < -0.39 is 11.9 Å². The number of hydrogen-bond donors (Lipinski definition) is 3. The highest BCUT2D eigenvalue weighted by Gasteiger charge is 2.27. The highest BCUT2D eigenvalue weighted by atomic mass is 32.1. The molecule has 2 unspecified atom stereocenters. The van der Waals surface area contributed by atoms with Crippen molar-refractivity contribution in [2.75, 3.05) is 5.32 Å². The summed E-state index contributed by atoms with van der Waals surface area (Å²) in [5, 5.41) is 6.94. The van der Waals surface area contributed by atoms with E-state index in [9.17, 15) is 9.59 Å². The number of benzene rings is 1. The number of aryl methyl sites for hydroxylation is 3. The molecular formula is C23H29N3O2S. The second-order valence-electron chi connectivity index (χ2n) is 8.26. The van der Waals surface area contributed by atoms with Crippen molar-refractivity contribution in [3.8, 4) is 0 Å². The Bertz CT molecular complexity index is 950. The van der Waals surface area contributed by atoms with Crippen molar-refractivity contribution < 1.29 is 9.59 Å². The number of amides is 2. The van der Waals surface area contributed by atoms with E-state index in [1.54, 1.807) is 0 Å². The van der Waals surface area contributed by atoms with Crippen molar-refractivity contribution >= 4 is 28.2 Å². The minimum atomic E-state index is -0.456. The fraction of sp³-hybridized carbons (Fsp3) is 0.478. The molecule has 4 N–H and O–H groups in total. The number of anilines is 1. The highest BCUT2D eigenvalue weighted by molar-refractivity contribution is 7.17. The molecule has 29 heavy (non-hydrogen) atoms. The van der Waals surface area contributed by atoms with Gasteiger partial charge in [0.25, 0.3) is 5.91 Å². The molecule has 2 aromatic rings. The van der Waals surface area contributed by atoms with E-state index >= 15 is 0 Å². The van der Waals surface area contributed by atoms with Gasteiger partial charge in [0, 0.05) is 10.9 Å². The smallest absolute Gasteiger partial charge is 0.251 e. The van der Waals surface area contributed by atoms with E-state index in [2.05, 4.69) is 35.8 Å². The molecule has 0 radical (unpaired) electrons. The summed E-state index contributed by atoms with van der Waals surface area (Å²) < 4.78 is 0. The zero-order valence-corrected chi connectivity index (χ0v) is 18.0. The van der Waals surface area contributed by atoms with Crippen LogP contribution in [0.15, 0.2) is 18.2 Å². The lowest BCUT2D eigenvalue weighted by atomic mass is 9.89. The van der Waals surface area contributed by atoms with Gasteiger partial charge in [-0.25, -0.2) is 0 Å². The van der Waals surface area contributed by atoms with Gasteiger partial charge in [0.1, 0.15) is 5.00 Å². The van der Waals surface area contributed by atoms with Gasteiger partial charge in [0.2, 0.25) is 5.91 Å². The van der Waals surface area contributed by atoms with Crippen molar-refractivity contribution in [3.63, 3.8) is 0 Å². The topological polar surface area (TPSA) is 84.2 Å². The first-order valence-electron chi connectivity index (χ1n) is 10.6. The molecule has 5 nitrogen and oxygen atoms in total. The van der Waals surface area contributed by atoms with E-state index in [0.717, 1.165) is 31.2 Å². The summed E-state index contributed by atoms with van der Waals surface area (Å²) in [5.74, 6) is -0.597. The van der Waals surface area contributed by atoms with Gasteiger partial charge in [0.15, 0.2) is 0 Å². The summed E-state index contributed by atoms with van der Waals surface area (Å²) >= 11 is 1.49. The molecule has 1 heterocycles. The predicted molar refractivity (Wildman–Crippen MR) is 118 cm³/mol. The van der Waals surface area contributed by atoms with Crippen molar-refractivity contribution in [2.24, 2.45) is 5.73 Å². The summed E-state index contributed by atoms with van der Waals surface area (Å²) in [4.78, 5) is 25.9. The quantitative estimate of drug-likeness (QED) is 0.674. The van der Waals surface area contributed by atoms with Gasteiger partial charge in [-0.05, 0) is 81.0 Å². The molecule has 6 heteroatoms. The maximum absolute atomic E-state index is 12.8. The Morgan fingerprint density at radius 3 is 2.55 bits per heavy atom. The van der Waals surface area contributed by atoms with Gasteiger partial charge in [-0.1, -0.05) is 18.2 Å². The first-order chi connectivity index (χ1) is 13.9. The van der Waals surface area contributed by atoms with Crippen molar-refractivity contribution in [1.82, 2.24) is 5.32 Å². The summed E-state index contributed by atoms with van der Waals surface area (Å²) in [6, 6.07) is 6.36. The van der Waals surface area contributed by atoms with Crippen LogP contribution in [0.1, 0.15) is 76.6 Å². The second kappa shape index (κ2) is 8.28. The van der Waals surface area contributed by atoms with Crippen molar-refractivity contribution in [2.45, 2.75) is 70.9 Å². The molecule has 0 saturated heterocycles. The van der Waals surface area contributed by atoms with Crippen molar-refractivity contribution in [1.29, 1.82) is 0 Å². The lowest BCUT2D eigenvalue weighted by molar-refractivity contribution is -0.117. The number of hydrogen-bond acceptors (Lipinski definition) is 4. The zero-order valence-electron chi connectivity index (χ0n) is 17.1. The first kappa shape index (κ1) is 20.1. The molecular weight excluding hydrogens is 382 g/mol. The fourth-order valence-corrected chi connectivity index (χ4v) is 5.84. The highest BCUT2D eigenvalue weighted by Crippen LogP contribution is 2.38. The number of nitrogens with one attached hydrogen (secondary N) is 2. The average molecular weight is 412 g/mol. The Balaban J connectivity index is 1.43. The van der Waals surface area contributed by atoms with E-state index in [1.807, 2.05) is 6.92 Å². The van der Waals surface area contributed by atoms with Gasteiger partial charge >= 0.3 is 0 Å². The molecule has 0 fully saturated rings. The van der Waals surface area contributed by atoms with E-state index in [-0.39, 0.29) is 11.9 Å². The Labute approximate surface area is 176 Å². The minimum Gasteiger partial charge on any atom is -0.365 e. The Hall–Kier alpha value is -2.18. The van der Waals surface area contributed by atoms with Gasteiger partial charge in [-0.2, -0.15) is 0 Å². The number of carbonyl (C=O) groups excluding carboxylic acids is 2. The molecule has 4 rings (SSSR count). The molecule has 0 bridgehead atoms. The fourth-order valence-electron chi connectivity index (χ4n) is 4.54. The van der Waals surface area contributed by atoms with Gasteiger partial charge in [-0.3, -0.25) is 14.9 Å². The number of nitrogens with two attached hydrogens (primary N) is 1. The molecule has 1 aromatic heterocycles. The zero-order chi connectivity index (χ0) is 20.5. The summed E-state index contributed by atoms with van der Waals surface area (Å²) in [5.41, 5.74) is 11.2. The average Bonchev–Trinajstić information content (AvgIpc) is 3.27. The van der Waals surface area contributed by atoms with Crippen LogP contribution in [0, 0.1) is 0 Å². The Morgan fingerprint density at radius 2 is 1.79 bits per heavy atom. The molecule has 0 aliphatic heterocycles. The Kier molecular flexibility index (Phi) is 5.74. The van der Waals surface area contributed by atoms with Crippen molar-refractivity contribution in [3.05, 3.63) is 50.9 Å². The van der Waals surface area contributed by atoms with Crippen LogP contribution in [0.25, 0.3) is 0 Å². The first-order valence-corrected chi connectivity index (χ1v) is 11.4. The SMILES string of the molecule is CC(NC(C)c1ccc2c(c1)CCCC2)C(=O)Nc1sc2c(c1C(N)=O)CCC2. The number of rotatable bonds is 6. The molecule has 154 valence electrons. The summed E-state index contributed by atoms with van der Waals surface area (Å²) in [7, 11) is 0. The third-order valence-corrected chi connectivity index (χ3v) is 7.38. The third-order valence-electron chi connectivity index (χ3n) is 6.17. The second-order valence-corrected chi connectivity index (χ2v) is 9.37. The van der Waals surface area contributed by atoms with Crippen LogP contribution < -0.4 is 16.4 Å². The van der Waals surface area contributed by atoms with Crippen LogP contribution in [0.3, 0.4) is 0 Å². The van der Waals surface area contributed by atoms with Crippen LogP contribution in [-0.2, 0) is 30.5 Å². The normalized spacial score (nSPS) is 17.3. The molecule has 1 aromatic carbocycles. The van der Waals surface area contributed by atoms with E-state index in [0.29, 0.717) is 10.6 Å². The monoisotopic (exact) mass is 411 g/mol. The van der Waals surface area contributed by atoms with Crippen LogP contribution >= 0.6 is 11.3 Å². The predicted octanol–water partition coefficient (Wildman–Crippen LogP) is 3.89. The Morgan fingerprint density at radius 1 is 1.03 bits per heavy atom. The van der Waals surface area contributed by atoms with Gasteiger partial charge in [0.05, 0.1) is 11.6 Å². The van der Waals surface area contributed by atoms with Gasteiger partial charge < -0.3 is 11.1 Å². The van der Waals surface area contributed by atoms with Crippen LogP contribution in [0.2, 0.25) is 0 Å². The maximum Gasteiger partial charge on any atom is 0.251 e.